The van der Waals surface area contributed by atoms with Gasteiger partial charge in [-0.1, -0.05) is 31.4 Å². The molecule has 1 aromatic heterocycles. The summed E-state index contributed by atoms with van der Waals surface area (Å²) < 4.78 is 43.1. The lowest BCUT2D eigenvalue weighted by molar-refractivity contribution is 0.0628. The average Bonchev–Trinajstić information content (AvgIpc) is 2.98. The third-order valence-electron chi connectivity index (χ3n) is 7.83. The van der Waals surface area contributed by atoms with E-state index in [-0.39, 0.29) is 16.6 Å². The molecule has 0 spiro atoms. The Kier molecular flexibility index (Phi) is 9.09. The second kappa shape index (κ2) is 12.9. The van der Waals surface area contributed by atoms with Crippen LogP contribution in [0.5, 0.6) is 0 Å². The number of halogens is 1. The van der Waals surface area contributed by atoms with Gasteiger partial charge in [-0.2, -0.15) is 0 Å². The third kappa shape index (κ3) is 7.00. The lowest BCUT2D eigenvalue weighted by atomic mass is 9.83. The minimum absolute atomic E-state index is 0.105. The molecule has 1 N–H and O–H groups in total. The number of hydrogen-bond donors (Lipinski definition) is 1. The van der Waals surface area contributed by atoms with Gasteiger partial charge in [0.15, 0.2) is 0 Å². The molecule has 2 aliphatic rings. The van der Waals surface area contributed by atoms with Gasteiger partial charge in [0.1, 0.15) is 10.7 Å². The van der Waals surface area contributed by atoms with Crippen molar-refractivity contribution >= 4 is 33.5 Å². The van der Waals surface area contributed by atoms with Gasteiger partial charge in [-0.25, -0.2) is 12.8 Å². The van der Waals surface area contributed by atoms with Crippen LogP contribution in [-0.2, 0) is 16.6 Å². The van der Waals surface area contributed by atoms with Crippen LogP contribution < -0.4 is 4.72 Å². The number of nitrogens with one attached hydrogen (secondary N) is 1. The van der Waals surface area contributed by atoms with E-state index in [1.54, 1.807) is 60.6 Å². The van der Waals surface area contributed by atoms with Gasteiger partial charge in [0.25, 0.3) is 15.9 Å². The zero-order valence-electron chi connectivity index (χ0n) is 23.3. The Morgan fingerprint density at radius 2 is 1.78 bits per heavy atom. The van der Waals surface area contributed by atoms with Crippen LogP contribution >= 0.6 is 0 Å². The molecular formula is C31H36FN5O3S. The molecule has 10 heteroatoms. The van der Waals surface area contributed by atoms with E-state index in [9.17, 15) is 17.6 Å². The molecule has 1 saturated heterocycles. The highest BCUT2D eigenvalue weighted by Crippen LogP contribution is 2.40. The minimum atomic E-state index is -3.91. The number of para-hydroxylation sites is 1. The number of benzene rings is 2. The van der Waals surface area contributed by atoms with Gasteiger partial charge >= 0.3 is 0 Å². The molecule has 0 bridgehead atoms. The van der Waals surface area contributed by atoms with Crippen molar-refractivity contribution < 1.29 is 17.6 Å². The molecule has 3 aromatic rings. The predicted molar refractivity (Wildman–Crippen MR) is 159 cm³/mol. The normalized spacial score (nSPS) is 17.2. The summed E-state index contributed by atoms with van der Waals surface area (Å²) in [5, 5.41) is 0. The molecule has 0 unspecified atom stereocenters. The van der Waals surface area contributed by atoms with Gasteiger partial charge in [0, 0.05) is 56.4 Å². The fraction of sp³-hybridized carbons (Fsp3) is 0.387. The largest absolute Gasteiger partial charge is 0.336 e. The highest BCUT2D eigenvalue weighted by Gasteiger charge is 2.26. The van der Waals surface area contributed by atoms with Crippen LogP contribution in [0.3, 0.4) is 0 Å². The summed E-state index contributed by atoms with van der Waals surface area (Å²) in [6, 6.07) is 13.4. The fourth-order valence-corrected chi connectivity index (χ4v) is 6.99. The molecule has 0 atom stereocenters. The minimum Gasteiger partial charge on any atom is -0.336 e. The first-order chi connectivity index (χ1) is 19.8. The standard InChI is InChI=1S/C31H36FN5O3S/c1-2-34-30-28(24-7-4-3-5-8-24)9-6-10-29(30)41(39,40)35-27-13-11-25(12-14-27)31(38)37-17-15-36(16-18-37)22-23-19-26(32)21-33-20-23/h2,6,9-14,19-21,24,35H,3-5,7-8,15-18,22H2,1H3/b34-2-. The lowest BCUT2D eigenvalue weighted by Crippen LogP contribution is -2.48. The molecular weight excluding hydrogens is 541 g/mol. The first-order valence-corrected chi connectivity index (χ1v) is 15.7. The number of carbonyl (C=O) groups excluding carboxylic acids is 1. The van der Waals surface area contributed by atoms with Crippen molar-refractivity contribution in [2.24, 2.45) is 4.99 Å². The second-order valence-electron chi connectivity index (χ2n) is 10.7. The maximum absolute atomic E-state index is 13.5. The van der Waals surface area contributed by atoms with Crippen molar-refractivity contribution in [3.8, 4) is 0 Å². The number of rotatable bonds is 8. The zero-order chi connectivity index (χ0) is 28.8. The zero-order valence-corrected chi connectivity index (χ0v) is 24.1. The first-order valence-electron chi connectivity index (χ1n) is 14.2. The van der Waals surface area contributed by atoms with Crippen LogP contribution in [-0.4, -0.2) is 61.5 Å². The molecule has 8 nitrogen and oxygen atoms in total. The van der Waals surface area contributed by atoms with E-state index < -0.39 is 10.0 Å². The first kappa shape index (κ1) is 28.9. The van der Waals surface area contributed by atoms with Crippen LogP contribution in [0.2, 0.25) is 0 Å². The van der Waals surface area contributed by atoms with E-state index in [2.05, 4.69) is 19.6 Å². The Morgan fingerprint density at radius 3 is 2.46 bits per heavy atom. The highest BCUT2D eigenvalue weighted by molar-refractivity contribution is 7.92. The quantitative estimate of drug-likeness (QED) is 0.344. The number of piperazine rings is 1. The highest BCUT2D eigenvalue weighted by atomic mass is 32.2. The summed E-state index contributed by atoms with van der Waals surface area (Å²) in [7, 11) is -3.91. The van der Waals surface area contributed by atoms with Gasteiger partial charge < -0.3 is 4.90 Å². The number of amides is 1. The molecule has 1 aliphatic carbocycles. The molecule has 0 radical (unpaired) electrons. The Morgan fingerprint density at radius 1 is 1.05 bits per heavy atom. The van der Waals surface area contributed by atoms with E-state index in [0.29, 0.717) is 55.6 Å². The van der Waals surface area contributed by atoms with Gasteiger partial charge in [-0.15, -0.1) is 0 Å². The molecule has 1 saturated carbocycles. The van der Waals surface area contributed by atoms with Crippen molar-refractivity contribution in [3.63, 3.8) is 0 Å². The van der Waals surface area contributed by atoms with E-state index >= 15 is 0 Å². The Balaban J connectivity index is 1.23. The fourth-order valence-electron chi connectivity index (χ4n) is 5.75. The van der Waals surface area contributed by atoms with Crippen LogP contribution in [0.1, 0.15) is 66.4 Å². The SMILES string of the molecule is C/C=N\c1c(C2CCCCC2)cccc1S(=O)(=O)Nc1ccc(C(=O)N2CCN(Cc3cncc(F)c3)CC2)cc1. The second-order valence-corrected chi connectivity index (χ2v) is 12.3. The Hall–Kier alpha value is -3.63. The number of hydrogen-bond acceptors (Lipinski definition) is 6. The average molecular weight is 578 g/mol. The Bertz CT molecular complexity index is 1500. The molecule has 2 aromatic carbocycles. The number of aromatic nitrogens is 1. The summed E-state index contributed by atoms with van der Waals surface area (Å²) in [5.41, 5.74) is 3.17. The van der Waals surface area contributed by atoms with Crippen molar-refractivity contribution in [1.29, 1.82) is 0 Å². The van der Waals surface area contributed by atoms with Crippen molar-refractivity contribution in [2.75, 3.05) is 30.9 Å². The van der Waals surface area contributed by atoms with E-state index in [1.807, 2.05) is 6.07 Å². The van der Waals surface area contributed by atoms with E-state index in [0.717, 1.165) is 36.8 Å². The van der Waals surface area contributed by atoms with Crippen LogP contribution in [0.25, 0.3) is 0 Å². The maximum atomic E-state index is 13.5. The summed E-state index contributed by atoms with van der Waals surface area (Å²) in [6.07, 6.45) is 10.1. The van der Waals surface area contributed by atoms with Crippen LogP contribution in [0.4, 0.5) is 15.8 Å². The summed E-state index contributed by atoms with van der Waals surface area (Å²) >= 11 is 0. The molecule has 2 fully saturated rings. The van der Waals surface area contributed by atoms with E-state index in [1.165, 1.54) is 18.7 Å². The summed E-state index contributed by atoms with van der Waals surface area (Å²) in [4.78, 5) is 25.6. The molecule has 1 aliphatic heterocycles. The van der Waals surface area contributed by atoms with Crippen LogP contribution in [0.15, 0.2) is 70.8 Å². The van der Waals surface area contributed by atoms with Crippen molar-refractivity contribution in [3.05, 3.63) is 83.4 Å². The number of pyridine rings is 1. The maximum Gasteiger partial charge on any atom is 0.264 e. The van der Waals surface area contributed by atoms with Gasteiger partial charge in [-0.3, -0.25) is 24.4 Å². The Labute approximate surface area is 241 Å². The topological polar surface area (TPSA) is 95.0 Å². The number of aliphatic imine (C=N–C) groups is 1. The molecule has 1 amide bonds. The predicted octanol–water partition coefficient (Wildman–Crippen LogP) is 5.75. The molecule has 41 heavy (non-hydrogen) atoms. The van der Waals surface area contributed by atoms with Gasteiger partial charge in [0.2, 0.25) is 0 Å². The third-order valence-corrected chi connectivity index (χ3v) is 9.25. The smallest absolute Gasteiger partial charge is 0.264 e. The molecule has 2 heterocycles. The number of anilines is 1. The van der Waals surface area contributed by atoms with Crippen molar-refractivity contribution in [1.82, 2.24) is 14.8 Å². The molecule has 216 valence electrons. The lowest BCUT2D eigenvalue weighted by Gasteiger charge is -2.34. The molecule has 5 rings (SSSR count). The van der Waals surface area contributed by atoms with Gasteiger partial charge in [0.05, 0.1) is 11.9 Å². The number of nitrogens with zero attached hydrogens (tertiary/aromatic N) is 4. The van der Waals surface area contributed by atoms with Crippen LogP contribution in [0, 0.1) is 5.82 Å². The summed E-state index contributed by atoms with van der Waals surface area (Å²) in [5.74, 6) is -0.153. The van der Waals surface area contributed by atoms with Crippen molar-refractivity contribution in [2.45, 2.75) is 56.4 Å². The monoisotopic (exact) mass is 577 g/mol. The number of sulfonamides is 1. The van der Waals surface area contributed by atoms with E-state index in [4.69, 9.17) is 0 Å². The summed E-state index contributed by atoms with van der Waals surface area (Å²) in [6.45, 7) is 4.81. The van der Waals surface area contributed by atoms with Gasteiger partial charge in [-0.05, 0) is 73.2 Å². The number of carbonyl (C=O) groups is 1.